The Hall–Kier alpha value is -3.19. The molecule has 1 atom stereocenters. The fourth-order valence-corrected chi connectivity index (χ4v) is 3.63. The number of aliphatic hydroxyl groups is 1. The first-order valence-corrected chi connectivity index (χ1v) is 9.54. The van der Waals surface area contributed by atoms with Gasteiger partial charge in [0, 0.05) is 15.7 Å². The van der Waals surface area contributed by atoms with Crippen molar-refractivity contribution in [1.82, 2.24) is 0 Å². The molecule has 3 aromatic rings. The number of carbonyl (C=O) groups excluding carboxylic acids is 2. The molecule has 2 aromatic carbocycles. The molecule has 0 saturated carbocycles. The van der Waals surface area contributed by atoms with E-state index in [1.807, 2.05) is 6.92 Å². The second kappa shape index (κ2) is 7.33. The van der Waals surface area contributed by atoms with Gasteiger partial charge in [0.05, 0.1) is 11.8 Å². The number of aliphatic hydroxyl groups excluding tert-OH is 1. The van der Waals surface area contributed by atoms with Gasteiger partial charge in [-0.2, -0.15) is 0 Å². The topological polar surface area (TPSA) is 70.8 Å². The quantitative estimate of drug-likeness (QED) is 0.338. The number of anilines is 1. The van der Waals surface area contributed by atoms with Gasteiger partial charge in [-0.1, -0.05) is 28.1 Å². The number of amides is 1. The SMILES string of the molecule is Cc1cc(/C(O)=C2/C(=O)C(=O)N(c3cccc(F)c3)C2c2ccco2)ccc1Br. The highest BCUT2D eigenvalue weighted by molar-refractivity contribution is 9.10. The summed E-state index contributed by atoms with van der Waals surface area (Å²) in [6.45, 7) is 1.84. The fraction of sp³-hybridized carbons (Fsp3) is 0.0909. The minimum Gasteiger partial charge on any atom is -0.507 e. The van der Waals surface area contributed by atoms with Crippen molar-refractivity contribution in [3.63, 3.8) is 0 Å². The van der Waals surface area contributed by atoms with Crippen LogP contribution in [0.25, 0.3) is 5.76 Å². The number of hydrogen-bond acceptors (Lipinski definition) is 4. The van der Waals surface area contributed by atoms with Crippen LogP contribution in [0.3, 0.4) is 0 Å². The molecule has 1 N–H and O–H groups in total. The Bertz CT molecular complexity index is 1150. The van der Waals surface area contributed by atoms with Gasteiger partial charge in [-0.15, -0.1) is 0 Å². The van der Waals surface area contributed by atoms with Gasteiger partial charge in [0.15, 0.2) is 0 Å². The van der Waals surface area contributed by atoms with E-state index in [0.717, 1.165) is 21.0 Å². The molecule has 0 spiro atoms. The molecule has 5 nitrogen and oxygen atoms in total. The summed E-state index contributed by atoms with van der Waals surface area (Å²) in [5.41, 5.74) is 1.32. The second-order valence-electron chi connectivity index (χ2n) is 6.63. The molecule has 1 saturated heterocycles. The average Bonchev–Trinajstić information content (AvgIpc) is 3.31. The molecule has 0 radical (unpaired) electrons. The molecule has 1 aliphatic heterocycles. The van der Waals surface area contributed by atoms with Gasteiger partial charge in [0.25, 0.3) is 11.7 Å². The molecule has 2 heterocycles. The van der Waals surface area contributed by atoms with Crippen LogP contribution < -0.4 is 4.90 Å². The first kappa shape index (κ1) is 19.1. The normalized spacial score (nSPS) is 18.4. The van der Waals surface area contributed by atoms with Crippen LogP contribution in [0.1, 0.15) is 22.9 Å². The highest BCUT2D eigenvalue weighted by atomic mass is 79.9. The maximum Gasteiger partial charge on any atom is 0.300 e. The van der Waals surface area contributed by atoms with Crippen molar-refractivity contribution in [2.45, 2.75) is 13.0 Å². The van der Waals surface area contributed by atoms with Crippen molar-refractivity contribution in [1.29, 1.82) is 0 Å². The lowest BCUT2D eigenvalue weighted by Gasteiger charge is -2.23. The lowest BCUT2D eigenvalue weighted by atomic mass is 9.98. The van der Waals surface area contributed by atoms with Gasteiger partial charge in [0.2, 0.25) is 0 Å². The molecular formula is C22H15BrFNO4. The third-order valence-electron chi connectivity index (χ3n) is 4.77. The highest BCUT2D eigenvalue weighted by Crippen LogP contribution is 2.42. The number of ketones is 1. The van der Waals surface area contributed by atoms with E-state index in [1.54, 1.807) is 30.3 Å². The summed E-state index contributed by atoms with van der Waals surface area (Å²) >= 11 is 3.40. The molecule has 146 valence electrons. The van der Waals surface area contributed by atoms with Crippen LogP contribution in [0.15, 0.2) is 75.3 Å². The number of aryl methyl sites for hydroxylation is 1. The third kappa shape index (κ3) is 3.27. The zero-order valence-corrected chi connectivity index (χ0v) is 16.8. The summed E-state index contributed by atoms with van der Waals surface area (Å²) in [6, 6.07) is 12.7. The lowest BCUT2D eigenvalue weighted by Crippen LogP contribution is -2.29. The van der Waals surface area contributed by atoms with Crippen molar-refractivity contribution >= 4 is 39.1 Å². The Morgan fingerprint density at radius 3 is 2.59 bits per heavy atom. The van der Waals surface area contributed by atoms with E-state index >= 15 is 0 Å². The number of benzene rings is 2. The minimum absolute atomic E-state index is 0.115. The summed E-state index contributed by atoms with van der Waals surface area (Å²) in [6.07, 6.45) is 1.41. The van der Waals surface area contributed by atoms with E-state index in [1.165, 1.54) is 24.5 Å². The van der Waals surface area contributed by atoms with E-state index in [2.05, 4.69) is 15.9 Å². The van der Waals surface area contributed by atoms with Crippen LogP contribution in [0.4, 0.5) is 10.1 Å². The Labute approximate surface area is 174 Å². The van der Waals surface area contributed by atoms with Gasteiger partial charge in [0.1, 0.15) is 23.4 Å². The summed E-state index contributed by atoms with van der Waals surface area (Å²) in [5.74, 6) is -2.32. The van der Waals surface area contributed by atoms with Crippen molar-refractivity contribution in [3.8, 4) is 0 Å². The van der Waals surface area contributed by atoms with Crippen LogP contribution in [-0.4, -0.2) is 16.8 Å². The van der Waals surface area contributed by atoms with E-state index in [4.69, 9.17) is 4.42 Å². The fourth-order valence-electron chi connectivity index (χ4n) is 3.39. The number of hydrogen-bond donors (Lipinski definition) is 1. The molecule has 1 fully saturated rings. The summed E-state index contributed by atoms with van der Waals surface area (Å²) in [7, 11) is 0. The molecule has 0 aliphatic carbocycles. The molecular weight excluding hydrogens is 441 g/mol. The van der Waals surface area contributed by atoms with Crippen LogP contribution in [-0.2, 0) is 9.59 Å². The zero-order valence-electron chi connectivity index (χ0n) is 15.2. The van der Waals surface area contributed by atoms with Crippen molar-refractivity contribution in [2.24, 2.45) is 0 Å². The molecule has 1 aromatic heterocycles. The Morgan fingerprint density at radius 2 is 1.93 bits per heavy atom. The van der Waals surface area contributed by atoms with Gasteiger partial charge >= 0.3 is 0 Å². The first-order chi connectivity index (χ1) is 13.9. The maximum atomic E-state index is 13.8. The third-order valence-corrected chi connectivity index (χ3v) is 5.66. The number of Topliss-reactive ketones (excluding diaryl/α,β-unsaturated/α-hetero) is 1. The number of rotatable bonds is 3. The summed E-state index contributed by atoms with van der Waals surface area (Å²) < 4.78 is 20.1. The van der Waals surface area contributed by atoms with Crippen molar-refractivity contribution < 1.29 is 23.5 Å². The van der Waals surface area contributed by atoms with Crippen LogP contribution >= 0.6 is 15.9 Å². The average molecular weight is 456 g/mol. The lowest BCUT2D eigenvalue weighted by molar-refractivity contribution is -0.132. The van der Waals surface area contributed by atoms with E-state index in [-0.39, 0.29) is 22.8 Å². The first-order valence-electron chi connectivity index (χ1n) is 8.75. The largest absolute Gasteiger partial charge is 0.507 e. The predicted octanol–water partition coefficient (Wildman–Crippen LogP) is 5.12. The molecule has 4 rings (SSSR count). The molecule has 7 heteroatoms. The van der Waals surface area contributed by atoms with E-state index in [9.17, 15) is 19.1 Å². The van der Waals surface area contributed by atoms with E-state index < -0.39 is 23.5 Å². The number of furan rings is 1. The van der Waals surface area contributed by atoms with Crippen LogP contribution in [0, 0.1) is 12.7 Å². The van der Waals surface area contributed by atoms with Gasteiger partial charge in [-0.05, 0) is 55.0 Å². The van der Waals surface area contributed by atoms with E-state index in [0.29, 0.717) is 5.56 Å². The smallest absolute Gasteiger partial charge is 0.300 e. The molecule has 1 unspecified atom stereocenters. The van der Waals surface area contributed by atoms with Crippen molar-refractivity contribution in [3.05, 3.63) is 93.6 Å². The molecule has 29 heavy (non-hydrogen) atoms. The maximum absolute atomic E-state index is 13.8. The zero-order chi connectivity index (χ0) is 20.7. The molecule has 1 aliphatic rings. The molecule has 1 amide bonds. The Morgan fingerprint density at radius 1 is 1.14 bits per heavy atom. The van der Waals surface area contributed by atoms with Gasteiger partial charge in [-0.25, -0.2) is 4.39 Å². The predicted molar refractivity (Wildman–Crippen MR) is 109 cm³/mol. The number of halogens is 2. The second-order valence-corrected chi connectivity index (χ2v) is 7.48. The molecule has 0 bridgehead atoms. The Kier molecular flexibility index (Phi) is 4.84. The minimum atomic E-state index is -1.02. The number of carbonyl (C=O) groups is 2. The van der Waals surface area contributed by atoms with Crippen molar-refractivity contribution in [2.75, 3.05) is 4.90 Å². The van der Waals surface area contributed by atoms with Crippen LogP contribution in [0.2, 0.25) is 0 Å². The number of nitrogens with zero attached hydrogens (tertiary/aromatic N) is 1. The monoisotopic (exact) mass is 455 g/mol. The van der Waals surface area contributed by atoms with Gasteiger partial charge in [-0.3, -0.25) is 14.5 Å². The highest BCUT2D eigenvalue weighted by Gasteiger charge is 2.48. The van der Waals surface area contributed by atoms with Crippen LogP contribution in [0.5, 0.6) is 0 Å². The van der Waals surface area contributed by atoms with Gasteiger partial charge < -0.3 is 9.52 Å². The Balaban J connectivity index is 1.94. The summed E-state index contributed by atoms with van der Waals surface area (Å²) in [4.78, 5) is 26.9. The standard InChI is InChI=1S/C22H15BrFNO4/c1-12-10-13(7-8-16(12)23)20(26)18-19(17-6-3-9-29-17)25(22(28)21(18)27)15-5-2-4-14(24)11-15/h2-11,19,26H,1H3/b20-18-. The summed E-state index contributed by atoms with van der Waals surface area (Å²) in [5, 5.41) is 11.0.